The van der Waals surface area contributed by atoms with Crippen LogP contribution in [0.15, 0.2) is 24.7 Å². The third-order valence-corrected chi connectivity index (χ3v) is 3.25. The minimum absolute atomic E-state index is 0.130. The summed E-state index contributed by atoms with van der Waals surface area (Å²) in [5.74, 6) is -0.421. The molecule has 0 saturated heterocycles. The zero-order valence-electron chi connectivity index (χ0n) is 11.5. The fourth-order valence-corrected chi connectivity index (χ4v) is 2.15. The molecule has 2 amide bonds. The summed E-state index contributed by atoms with van der Waals surface area (Å²) in [5, 5.41) is 10.5. The molecular weight excluding hydrogens is 272 g/mol. The summed E-state index contributed by atoms with van der Waals surface area (Å²) in [7, 11) is 0. The minimum atomic E-state index is -0.291. The van der Waals surface area contributed by atoms with Gasteiger partial charge in [0.1, 0.15) is 0 Å². The third kappa shape index (κ3) is 2.47. The van der Waals surface area contributed by atoms with Gasteiger partial charge in [0.25, 0.3) is 5.91 Å². The first-order chi connectivity index (χ1) is 10.2. The number of pyridine rings is 1. The van der Waals surface area contributed by atoms with Crippen LogP contribution in [0.4, 0.5) is 11.4 Å². The molecule has 0 aliphatic carbocycles. The number of amides is 2. The topological polar surface area (TPSA) is 93.0 Å². The maximum absolute atomic E-state index is 12.6. The van der Waals surface area contributed by atoms with E-state index >= 15 is 0 Å². The molecule has 0 atom stereocenters. The summed E-state index contributed by atoms with van der Waals surface area (Å²) in [6, 6.07) is 1.67. The molecule has 21 heavy (non-hydrogen) atoms. The van der Waals surface area contributed by atoms with Crippen molar-refractivity contribution >= 4 is 23.2 Å². The molecular formula is C13H14N6O2. The second-order valence-electron chi connectivity index (χ2n) is 4.61. The van der Waals surface area contributed by atoms with E-state index in [0.29, 0.717) is 17.9 Å². The second-order valence-corrected chi connectivity index (χ2v) is 4.61. The van der Waals surface area contributed by atoms with Gasteiger partial charge in [-0.05, 0) is 13.0 Å². The number of nitrogens with one attached hydrogen (secondary N) is 1. The monoisotopic (exact) mass is 286 g/mol. The zero-order valence-corrected chi connectivity index (χ0v) is 11.5. The van der Waals surface area contributed by atoms with Crippen molar-refractivity contribution in [3.8, 4) is 0 Å². The Kier molecular flexibility index (Phi) is 3.35. The van der Waals surface area contributed by atoms with E-state index in [9.17, 15) is 9.59 Å². The largest absolute Gasteiger partial charge is 0.324 e. The molecule has 0 saturated carbocycles. The normalized spacial score (nSPS) is 14.3. The maximum atomic E-state index is 12.6. The molecule has 8 nitrogen and oxygen atoms in total. The quantitative estimate of drug-likeness (QED) is 0.876. The number of hydrogen-bond donors (Lipinski definition) is 1. The van der Waals surface area contributed by atoms with Crippen LogP contribution in [0.5, 0.6) is 0 Å². The molecule has 1 aliphatic rings. The third-order valence-electron chi connectivity index (χ3n) is 3.25. The maximum Gasteiger partial charge on any atom is 0.280 e. The van der Waals surface area contributed by atoms with Gasteiger partial charge in [-0.3, -0.25) is 19.3 Å². The van der Waals surface area contributed by atoms with Crippen molar-refractivity contribution in [2.24, 2.45) is 0 Å². The first-order valence-corrected chi connectivity index (χ1v) is 6.65. The predicted molar refractivity (Wildman–Crippen MR) is 74.9 cm³/mol. The van der Waals surface area contributed by atoms with Crippen LogP contribution < -0.4 is 10.2 Å². The number of carbonyl (C=O) groups is 2. The first kappa shape index (κ1) is 13.2. The Labute approximate surface area is 120 Å². The van der Waals surface area contributed by atoms with Crippen molar-refractivity contribution in [1.29, 1.82) is 0 Å². The summed E-state index contributed by atoms with van der Waals surface area (Å²) in [6.07, 6.45) is 4.95. The van der Waals surface area contributed by atoms with Crippen molar-refractivity contribution in [2.45, 2.75) is 19.9 Å². The summed E-state index contributed by atoms with van der Waals surface area (Å²) in [4.78, 5) is 29.8. The van der Waals surface area contributed by atoms with Crippen LogP contribution in [0.25, 0.3) is 0 Å². The Balaban J connectivity index is 1.97. The van der Waals surface area contributed by atoms with E-state index in [0.717, 1.165) is 0 Å². The van der Waals surface area contributed by atoms with Crippen molar-refractivity contribution in [2.75, 3.05) is 16.8 Å². The van der Waals surface area contributed by atoms with E-state index in [4.69, 9.17) is 0 Å². The van der Waals surface area contributed by atoms with Crippen molar-refractivity contribution in [1.82, 2.24) is 20.0 Å². The Morgan fingerprint density at radius 1 is 1.48 bits per heavy atom. The molecule has 3 heterocycles. The van der Waals surface area contributed by atoms with E-state index in [1.165, 1.54) is 4.90 Å². The molecule has 0 spiro atoms. The van der Waals surface area contributed by atoms with Crippen molar-refractivity contribution in [3.63, 3.8) is 0 Å². The van der Waals surface area contributed by atoms with Crippen molar-refractivity contribution < 1.29 is 9.59 Å². The van der Waals surface area contributed by atoms with Gasteiger partial charge >= 0.3 is 0 Å². The Morgan fingerprint density at radius 2 is 2.33 bits per heavy atom. The average Bonchev–Trinajstić information content (AvgIpc) is 2.91. The molecule has 8 heteroatoms. The summed E-state index contributed by atoms with van der Waals surface area (Å²) in [5.41, 5.74) is 1.39. The fourth-order valence-electron chi connectivity index (χ4n) is 2.15. The van der Waals surface area contributed by atoms with Gasteiger partial charge in [0.15, 0.2) is 5.69 Å². The minimum Gasteiger partial charge on any atom is -0.324 e. The lowest BCUT2D eigenvalue weighted by molar-refractivity contribution is -0.115. The molecule has 2 aromatic heterocycles. The molecule has 1 aliphatic heterocycles. The lowest BCUT2D eigenvalue weighted by Gasteiger charge is -2.20. The molecule has 0 radical (unpaired) electrons. The lowest BCUT2D eigenvalue weighted by Crippen LogP contribution is -2.32. The molecule has 2 aromatic rings. The van der Waals surface area contributed by atoms with Gasteiger partial charge in [0.05, 0.1) is 23.8 Å². The highest BCUT2D eigenvalue weighted by molar-refractivity contribution is 6.09. The number of nitrogens with zero attached hydrogens (tertiary/aromatic N) is 5. The number of aromatic nitrogens is 4. The van der Waals surface area contributed by atoms with E-state index in [-0.39, 0.29) is 30.5 Å². The molecule has 1 N–H and O–H groups in total. The lowest BCUT2D eigenvalue weighted by atomic mass is 10.3. The van der Waals surface area contributed by atoms with Crippen LogP contribution in [-0.2, 0) is 11.3 Å². The van der Waals surface area contributed by atoms with Gasteiger partial charge in [0.2, 0.25) is 5.91 Å². The summed E-state index contributed by atoms with van der Waals surface area (Å²) < 4.78 is 1.58. The molecule has 0 aromatic carbocycles. The number of hydrogen-bond acceptors (Lipinski definition) is 5. The fraction of sp³-hybridized carbons (Fsp3) is 0.308. The van der Waals surface area contributed by atoms with Gasteiger partial charge in [-0.1, -0.05) is 5.21 Å². The number of rotatable bonds is 2. The zero-order chi connectivity index (χ0) is 14.8. The van der Waals surface area contributed by atoms with E-state index in [1.54, 1.807) is 29.3 Å². The van der Waals surface area contributed by atoms with E-state index in [1.807, 2.05) is 6.92 Å². The highest BCUT2D eigenvalue weighted by Gasteiger charge is 2.26. The number of anilines is 2. The number of fused-ring (bicyclic) bond motifs is 1. The SMILES string of the molecule is CCn1cc(C(=O)N2CCC(=O)Nc3ccncc32)nn1. The van der Waals surface area contributed by atoms with Gasteiger partial charge in [-0.15, -0.1) is 5.10 Å². The van der Waals surface area contributed by atoms with Crippen LogP contribution in [0.2, 0.25) is 0 Å². The van der Waals surface area contributed by atoms with Gasteiger partial charge in [-0.2, -0.15) is 0 Å². The van der Waals surface area contributed by atoms with Crippen LogP contribution in [0.1, 0.15) is 23.8 Å². The van der Waals surface area contributed by atoms with Crippen LogP contribution in [0, 0.1) is 0 Å². The predicted octanol–water partition coefficient (Wildman–Crippen LogP) is 0.682. The summed E-state index contributed by atoms with van der Waals surface area (Å²) >= 11 is 0. The van der Waals surface area contributed by atoms with Gasteiger partial charge in [0, 0.05) is 25.7 Å². The molecule has 0 unspecified atom stereocenters. The molecule has 108 valence electrons. The molecule has 3 rings (SSSR count). The first-order valence-electron chi connectivity index (χ1n) is 6.65. The van der Waals surface area contributed by atoms with Crippen LogP contribution >= 0.6 is 0 Å². The van der Waals surface area contributed by atoms with Crippen LogP contribution in [0.3, 0.4) is 0 Å². The Hall–Kier alpha value is -2.77. The molecule has 0 fully saturated rings. The number of aryl methyl sites for hydroxylation is 1. The number of carbonyl (C=O) groups excluding carboxylic acids is 2. The van der Waals surface area contributed by atoms with Crippen LogP contribution in [-0.4, -0.2) is 38.3 Å². The Bertz CT molecular complexity index is 695. The van der Waals surface area contributed by atoms with E-state index < -0.39 is 0 Å². The highest BCUT2D eigenvalue weighted by Crippen LogP contribution is 2.28. The average molecular weight is 286 g/mol. The molecule has 0 bridgehead atoms. The van der Waals surface area contributed by atoms with Gasteiger partial charge < -0.3 is 10.2 Å². The van der Waals surface area contributed by atoms with E-state index in [2.05, 4.69) is 20.6 Å². The van der Waals surface area contributed by atoms with Gasteiger partial charge in [-0.25, -0.2) is 0 Å². The smallest absolute Gasteiger partial charge is 0.280 e. The highest BCUT2D eigenvalue weighted by atomic mass is 16.2. The van der Waals surface area contributed by atoms with Crippen molar-refractivity contribution in [3.05, 3.63) is 30.4 Å². The summed E-state index contributed by atoms with van der Waals surface area (Å²) in [6.45, 7) is 2.83. The standard InChI is InChI=1S/C13H14N6O2/c1-2-18-8-10(16-17-18)13(21)19-6-4-12(20)15-9-3-5-14-7-11(9)19/h3,5,7-8H,2,4,6H2,1H3,(H,15,20). The Morgan fingerprint density at radius 3 is 3.10 bits per heavy atom. The second kappa shape index (κ2) is 5.31.